The van der Waals surface area contributed by atoms with Gasteiger partial charge in [0.25, 0.3) is 0 Å². The van der Waals surface area contributed by atoms with Crippen molar-refractivity contribution >= 4 is 39.3 Å². The highest BCUT2D eigenvalue weighted by molar-refractivity contribution is 9.10. The van der Waals surface area contributed by atoms with Crippen LogP contribution in [0.15, 0.2) is 50.7 Å². The molecule has 1 nitrogen and oxygen atoms in total. The zero-order valence-corrected chi connectivity index (χ0v) is 12.1. The van der Waals surface area contributed by atoms with Crippen LogP contribution < -0.4 is 0 Å². The van der Waals surface area contributed by atoms with Crippen molar-refractivity contribution in [2.75, 3.05) is 0 Å². The number of hydrogen-bond donors (Lipinski definition) is 0. The Labute approximate surface area is 122 Å². The molecule has 0 amide bonds. The molecule has 0 bridgehead atoms. The van der Waals surface area contributed by atoms with Crippen molar-refractivity contribution < 1.29 is 4.39 Å². The van der Waals surface area contributed by atoms with E-state index >= 15 is 0 Å². The van der Waals surface area contributed by atoms with Crippen molar-refractivity contribution in [1.82, 2.24) is 0 Å². The minimum Gasteiger partial charge on any atom is -0.204 e. The molecule has 2 aromatic carbocycles. The molecule has 0 atom stereocenters. The number of rotatable bonds is 2. The molecule has 2 rings (SSSR count). The molecule has 5 heteroatoms. The third kappa shape index (κ3) is 2.86. The van der Waals surface area contributed by atoms with Gasteiger partial charge in [-0.25, -0.2) is 4.39 Å². The molecular weight excluding hydrogens is 337 g/mol. The van der Waals surface area contributed by atoms with Gasteiger partial charge in [-0.3, -0.25) is 0 Å². The lowest BCUT2D eigenvalue weighted by Crippen LogP contribution is -1.87. The molecule has 0 heterocycles. The summed E-state index contributed by atoms with van der Waals surface area (Å²) < 4.78 is 14.2. The van der Waals surface area contributed by atoms with Gasteiger partial charge in [0.15, 0.2) is 5.82 Å². The van der Waals surface area contributed by atoms with E-state index in [2.05, 4.69) is 15.9 Å². The van der Waals surface area contributed by atoms with E-state index in [-0.39, 0.29) is 10.0 Å². The Morgan fingerprint density at radius 1 is 1.17 bits per heavy atom. The first kappa shape index (κ1) is 13.4. The third-order valence-electron chi connectivity index (χ3n) is 2.21. The summed E-state index contributed by atoms with van der Waals surface area (Å²) in [4.78, 5) is 1.35. The van der Waals surface area contributed by atoms with Crippen molar-refractivity contribution in [2.24, 2.45) is 0 Å². The van der Waals surface area contributed by atoms with E-state index in [1.165, 1.54) is 11.8 Å². The zero-order chi connectivity index (χ0) is 13.1. The summed E-state index contributed by atoms with van der Waals surface area (Å²) in [6.07, 6.45) is 0. The monoisotopic (exact) mass is 341 g/mol. The van der Waals surface area contributed by atoms with Gasteiger partial charge in [-0.1, -0.05) is 23.4 Å². The van der Waals surface area contributed by atoms with Gasteiger partial charge in [-0.05, 0) is 52.3 Å². The van der Waals surface area contributed by atoms with E-state index in [0.29, 0.717) is 9.92 Å². The lowest BCUT2D eigenvalue weighted by Gasteiger charge is -2.05. The second-order valence-corrected chi connectivity index (χ2v) is 5.75. The van der Waals surface area contributed by atoms with Crippen molar-refractivity contribution in [3.63, 3.8) is 0 Å². The SMILES string of the molecule is N#Cc1ccc(Sc2ccc(Cl)cc2)c(F)c1Br. The van der Waals surface area contributed by atoms with E-state index in [1.54, 1.807) is 24.3 Å². The van der Waals surface area contributed by atoms with Gasteiger partial charge in [0, 0.05) is 14.8 Å². The van der Waals surface area contributed by atoms with E-state index in [9.17, 15) is 4.39 Å². The van der Waals surface area contributed by atoms with Crippen LogP contribution in [-0.2, 0) is 0 Å². The zero-order valence-electron chi connectivity index (χ0n) is 8.95. The Hall–Kier alpha value is -1.02. The Bertz CT molecular complexity index is 622. The van der Waals surface area contributed by atoms with E-state index in [4.69, 9.17) is 16.9 Å². The summed E-state index contributed by atoms with van der Waals surface area (Å²) >= 11 is 10.2. The van der Waals surface area contributed by atoms with Gasteiger partial charge in [0.1, 0.15) is 6.07 Å². The fourth-order valence-electron chi connectivity index (χ4n) is 1.33. The molecular formula is C13H6BrClFNS. The molecule has 0 spiro atoms. The van der Waals surface area contributed by atoms with Gasteiger partial charge >= 0.3 is 0 Å². The molecule has 90 valence electrons. The molecule has 0 fully saturated rings. The fraction of sp³-hybridized carbons (Fsp3) is 0. The van der Waals surface area contributed by atoms with E-state index in [0.717, 1.165) is 4.90 Å². The molecule has 0 aliphatic rings. The number of benzene rings is 2. The van der Waals surface area contributed by atoms with Crippen LogP contribution in [0.1, 0.15) is 5.56 Å². The predicted molar refractivity (Wildman–Crippen MR) is 74.4 cm³/mol. The van der Waals surface area contributed by atoms with Crippen LogP contribution in [0.25, 0.3) is 0 Å². The van der Waals surface area contributed by atoms with Crippen LogP contribution in [-0.4, -0.2) is 0 Å². The molecule has 2 aromatic rings. The van der Waals surface area contributed by atoms with Gasteiger partial charge in [0.05, 0.1) is 10.0 Å². The first-order valence-corrected chi connectivity index (χ1v) is 6.92. The molecule has 0 N–H and O–H groups in total. The van der Waals surface area contributed by atoms with Crippen LogP contribution in [0.5, 0.6) is 0 Å². The molecule has 18 heavy (non-hydrogen) atoms. The summed E-state index contributed by atoms with van der Waals surface area (Å²) in [5.74, 6) is -0.422. The molecule has 0 aliphatic carbocycles. The third-order valence-corrected chi connectivity index (χ3v) is 4.28. The quantitative estimate of drug-likeness (QED) is 0.743. The number of halogens is 3. The van der Waals surface area contributed by atoms with Crippen LogP contribution >= 0.6 is 39.3 Å². The topological polar surface area (TPSA) is 23.8 Å². The molecule has 0 saturated carbocycles. The van der Waals surface area contributed by atoms with Crippen LogP contribution in [0.2, 0.25) is 5.02 Å². The van der Waals surface area contributed by atoms with E-state index < -0.39 is 5.82 Å². The smallest absolute Gasteiger partial charge is 0.152 e. The molecule has 0 aromatic heterocycles. The normalized spacial score (nSPS) is 10.1. The van der Waals surface area contributed by atoms with Gasteiger partial charge in [0.2, 0.25) is 0 Å². The molecule has 0 aliphatic heterocycles. The number of hydrogen-bond acceptors (Lipinski definition) is 2. The van der Waals surface area contributed by atoms with Crippen LogP contribution in [0.3, 0.4) is 0 Å². The Kier molecular flexibility index (Phi) is 4.28. The average molecular weight is 343 g/mol. The van der Waals surface area contributed by atoms with E-state index in [1.807, 2.05) is 18.2 Å². The predicted octanol–water partition coefficient (Wildman–Crippen LogP) is 5.26. The minimum absolute atomic E-state index is 0.198. The average Bonchev–Trinajstić information content (AvgIpc) is 2.38. The second-order valence-electron chi connectivity index (χ2n) is 3.41. The molecule has 0 unspecified atom stereocenters. The van der Waals surface area contributed by atoms with Gasteiger partial charge in [-0.15, -0.1) is 0 Å². The maximum Gasteiger partial charge on any atom is 0.152 e. The standard InChI is InChI=1S/C13H6BrClFNS/c14-12-8(7-17)1-6-11(13(12)16)18-10-4-2-9(15)3-5-10/h1-6H. The maximum absolute atomic E-state index is 14.0. The Balaban J connectivity index is 2.33. The summed E-state index contributed by atoms with van der Waals surface area (Å²) in [6, 6.07) is 12.2. The first-order chi connectivity index (χ1) is 8.61. The summed E-state index contributed by atoms with van der Waals surface area (Å²) in [6.45, 7) is 0. The fourth-order valence-corrected chi connectivity index (χ4v) is 2.87. The van der Waals surface area contributed by atoms with Crippen LogP contribution in [0, 0.1) is 17.1 Å². The number of nitriles is 1. The molecule has 0 saturated heterocycles. The molecule has 0 radical (unpaired) electrons. The summed E-state index contributed by atoms with van der Waals surface area (Å²) in [5, 5.41) is 9.43. The highest BCUT2D eigenvalue weighted by atomic mass is 79.9. The van der Waals surface area contributed by atoms with Crippen LogP contribution in [0.4, 0.5) is 4.39 Å². The lowest BCUT2D eigenvalue weighted by atomic mass is 10.2. The van der Waals surface area contributed by atoms with Crippen molar-refractivity contribution in [1.29, 1.82) is 5.26 Å². The van der Waals surface area contributed by atoms with Gasteiger partial charge < -0.3 is 0 Å². The highest BCUT2D eigenvalue weighted by Gasteiger charge is 2.12. The summed E-state index contributed by atoms with van der Waals surface area (Å²) in [5.41, 5.74) is 0.285. The Morgan fingerprint density at radius 2 is 1.83 bits per heavy atom. The maximum atomic E-state index is 14.0. The second kappa shape index (κ2) is 5.75. The van der Waals surface area contributed by atoms with Crippen molar-refractivity contribution in [3.05, 3.63) is 57.3 Å². The lowest BCUT2D eigenvalue weighted by molar-refractivity contribution is 0.594. The van der Waals surface area contributed by atoms with Crippen molar-refractivity contribution in [2.45, 2.75) is 9.79 Å². The minimum atomic E-state index is -0.422. The highest BCUT2D eigenvalue weighted by Crippen LogP contribution is 2.34. The van der Waals surface area contributed by atoms with Gasteiger partial charge in [-0.2, -0.15) is 5.26 Å². The van der Waals surface area contributed by atoms with Crippen molar-refractivity contribution in [3.8, 4) is 6.07 Å². The largest absolute Gasteiger partial charge is 0.204 e. The number of nitrogens with zero attached hydrogens (tertiary/aromatic N) is 1. The first-order valence-electron chi connectivity index (χ1n) is 4.93. The summed E-state index contributed by atoms with van der Waals surface area (Å²) in [7, 11) is 0. The Morgan fingerprint density at radius 3 is 2.44 bits per heavy atom.